The Morgan fingerprint density at radius 3 is 2.85 bits per heavy atom. The molecule has 0 radical (unpaired) electrons. The summed E-state index contributed by atoms with van der Waals surface area (Å²) in [6.45, 7) is 0. The average Bonchev–Trinajstić information content (AvgIpc) is 2.70. The van der Waals surface area contributed by atoms with Crippen LogP contribution in [0.4, 0.5) is 0 Å². The van der Waals surface area contributed by atoms with E-state index in [1.54, 1.807) is 12.5 Å². The number of hydrogen-bond acceptors (Lipinski definition) is 2. The first kappa shape index (κ1) is 10.1. The maximum Gasteiger partial charge on any atom is 0.307 e. The number of carbonyl (C=O) groups is 1. The van der Waals surface area contributed by atoms with E-state index in [-0.39, 0.29) is 24.2 Å². The molecule has 2 rings (SSSR count). The molecule has 1 aliphatic rings. The Hall–Kier alpha value is -1.03. The van der Waals surface area contributed by atoms with Gasteiger partial charge in [-0.15, -0.1) is 12.4 Å². The van der Waals surface area contributed by atoms with Crippen LogP contribution in [0.1, 0.15) is 18.0 Å². The summed E-state index contributed by atoms with van der Waals surface area (Å²) >= 11 is 0. The predicted octanol–water partition coefficient (Wildman–Crippen LogP) is 1.03. The van der Waals surface area contributed by atoms with Gasteiger partial charge in [-0.05, 0) is 6.42 Å². The number of carboxylic acids is 1. The zero-order chi connectivity index (χ0) is 8.72. The molecule has 2 atom stereocenters. The van der Waals surface area contributed by atoms with Crippen molar-refractivity contribution in [2.75, 3.05) is 0 Å². The Kier molecular flexibility index (Phi) is 2.61. The van der Waals surface area contributed by atoms with Gasteiger partial charge in [0.1, 0.15) is 0 Å². The minimum absolute atomic E-state index is 0. The molecule has 0 saturated heterocycles. The summed E-state index contributed by atoms with van der Waals surface area (Å²) in [7, 11) is 1.89. The highest BCUT2D eigenvalue weighted by atomic mass is 35.5. The summed E-state index contributed by atoms with van der Waals surface area (Å²) < 4.78 is 1.88. The molecule has 1 aliphatic carbocycles. The van der Waals surface area contributed by atoms with Crippen LogP contribution in [-0.4, -0.2) is 20.6 Å². The highest BCUT2D eigenvalue weighted by molar-refractivity contribution is 5.85. The van der Waals surface area contributed by atoms with Gasteiger partial charge in [-0.1, -0.05) is 0 Å². The van der Waals surface area contributed by atoms with Crippen molar-refractivity contribution in [3.05, 3.63) is 18.2 Å². The molecule has 1 N–H and O–H groups in total. The van der Waals surface area contributed by atoms with Crippen molar-refractivity contribution in [1.82, 2.24) is 9.55 Å². The molecule has 4 nitrogen and oxygen atoms in total. The first-order chi connectivity index (χ1) is 5.70. The third-order valence-corrected chi connectivity index (χ3v) is 2.34. The molecule has 0 aliphatic heterocycles. The van der Waals surface area contributed by atoms with Gasteiger partial charge in [0.05, 0.1) is 12.2 Å². The molecule has 0 bridgehead atoms. The van der Waals surface area contributed by atoms with Crippen LogP contribution in [-0.2, 0) is 11.8 Å². The summed E-state index contributed by atoms with van der Waals surface area (Å²) in [6, 6.07) is 0. The molecule has 1 aromatic heterocycles. The number of aliphatic carboxylic acids is 1. The Morgan fingerprint density at radius 1 is 1.77 bits per heavy atom. The van der Waals surface area contributed by atoms with Gasteiger partial charge >= 0.3 is 5.97 Å². The van der Waals surface area contributed by atoms with E-state index in [1.807, 2.05) is 11.6 Å². The van der Waals surface area contributed by atoms with Gasteiger partial charge in [-0.3, -0.25) is 4.79 Å². The molecule has 1 fully saturated rings. The second-order valence-electron chi connectivity index (χ2n) is 3.22. The molecule has 13 heavy (non-hydrogen) atoms. The zero-order valence-corrected chi connectivity index (χ0v) is 7.99. The first-order valence-corrected chi connectivity index (χ1v) is 3.89. The Labute approximate surface area is 82.0 Å². The molecule has 72 valence electrons. The number of carboxylic acid groups (broad SMARTS) is 1. The van der Waals surface area contributed by atoms with E-state index in [2.05, 4.69) is 4.98 Å². The van der Waals surface area contributed by atoms with Gasteiger partial charge in [0, 0.05) is 24.9 Å². The monoisotopic (exact) mass is 202 g/mol. The summed E-state index contributed by atoms with van der Waals surface area (Å²) in [5.41, 5.74) is 1.03. The van der Waals surface area contributed by atoms with Crippen molar-refractivity contribution < 1.29 is 9.90 Å². The van der Waals surface area contributed by atoms with Gasteiger partial charge in [0.25, 0.3) is 0 Å². The fraction of sp³-hybridized carbons (Fsp3) is 0.500. The smallest absolute Gasteiger partial charge is 0.307 e. The molecule has 0 amide bonds. The zero-order valence-electron chi connectivity index (χ0n) is 7.17. The Balaban J connectivity index is 0.000000845. The van der Waals surface area contributed by atoms with Gasteiger partial charge < -0.3 is 9.67 Å². The summed E-state index contributed by atoms with van der Waals surface area (Å²) in [5.74, 6) is -0.684. The Bertz CT molecular complexity index is 324. The van der Waals surface area contributed by atoms with Crippen LogP contribution < -0.4 is 0 Å². The molecule has 1 saturated carbocycles. The van der Waals surface area contributed by atoms with E-state index in [0.29, 0.717) is 0 Å². The largest absolute Gasteiger partial charge is 0.481 e. The van der Waals surface area contributed by atoms with Crippen molar-refractivity contribution >= 4 is 18.4 Å². The van der Waals surface area contributed by atoms with Gasteiger partial charge in [-0.25, -0.2) is 4.98 Å². The molecule has 5 heteroatoms. The SMILES string of the molecule is Cl.Cn1cncc1[C@@H]1C[C@H]1C(=O)O. The average molecular weight is 203 g/mol. The molecular formula is C8H11ClN2O2. The lowest BCUT2D eigenvalue weighted by atomic mass is 10.2. The number of nitrogens with zero attached hydrogens (tertiary/aromatic N) is 2. The van der Waals surface area contributed by atoms with Gasteiger partial charge in [0.15, 0.2) is 0 Å². The molecular weight excluding hydrogens is 192 g/mol. The topological polar surface area (TPSA) is 55.1 Å². The standard InChI is InChI=1S/C8H10N2O2.ClH/c1-10-4-9-3-7(10)5-2-6(5)8(11)12;/h3-6H,2H2,1H3,(H,11,12);1H/t5-,6-;/m1./s1. The number of halogens is 1. The highest BCUT2D eigenvalue weighted by Gasteiger charge is 2.45. The highest BCUT2D eigenvalue weighted by Crippen LogP contribution is 2.47. The van der Waals surface area contributed by atoms with E-state index >= 15 is 0 Å². The van der Waals surface area contributed by atoms with Crippen LogP contribution >= 0.6 is 12.4 Å². The summed E-state index contributed by atoms with van der Waals surface area (Å²) in [4.78, 5) is 14.5. The molecule has 1 aromatic rings. The van der Waals surface area contributed by atoms with Crippen LogP contribution in [0.5, 0.6) is 0 Å². The lowest BCUT2D eigenvalue weighted by Gasteiger charge is -1.97. The van der Waals surface area contributed by atoms with E-state index in [0.717, 1.165) is 12.1 Å². The van der Waals surface area contributed by atoms with E-state index in [4.69, 9.17) is 5.11 Å². The van der Waals surface area contributed by atoms with E-state index in [9.17, 15) is 4.79 Å². The summed E-state index contributed by atoms with van der Waals surface area (Å²) in [6.07, 6.45) is 4.20. The van der Waals surface area contributed by atoms with Crippen LogP contribution in [0.2, 0.25) is 0 Å². The molecule has 0 unspecified atom stereocenters. The van der Waals surface area contributed by atoms with Gasteiger partial charge in [-0.2, -0.15) is 0 Å². The van der Waals surface area contributed by atoms with Crippen LogP contribution in [0.3, 0.4) is 0 Å². The second-order valence-corrected chi connectivity index (χ2v) is 3.22. The van der Waals surface area contributed by atoms with Crippen LogP contribution in [0, 0.1) is 5.92 Å². The minimum atomic E-state index is -0.693. The van der Waals surface area contributed by atoms with Gasteiger partial charge in [0.2, 0.25) is 0 Å². The van der Waals surface area contributed by atoms with Crippen molar-refractivity contribution in [3.63, 3.8) is 0 Å². The lowest BCUT2D eigenvalue weighted by Crippen LogP contribution is -2.01. The first-order valence-electron chi connectivity index (χ1n) is 3.89. The number of hydrogen-bond donors (Lipinski definition) is 1. The quantitative estimate of drug-likeness (QED) is 0.780. The second kappa shape index (κ2) is 3.38. The third kappa shape index (κ3) is 1.67. The van der Waals surface area contributed by atoms with Crippen LogP contribution in [0.15, 0.2) is 12.5 Å². The lowest BCUT2D eigenvalue weighted by molar-refractivity contribution is -0.138. The van der Waals surface area contributed by atoms with E-state index in [1.165, 1.54) is 0 Å². The fourth-order valence-electron chi connectivity index (χ4n) is 1.52. The van der Waals surface area contributed by atoms with Crippen molar-refractivity contribution in [2.45, 2.75) is 12.3 Å². The molecule has 1 heterocycles. The molecule has 0 spiro atoms. The minimum Gasteiger partial charge on any atom is -0.481 e. The number of rotatable bonds is 2. The number of imidazole rings is 1. The van der Waals surface area contributed by atoms with E-state index < -0.39 is 5.97 Å². The normalized spacial score (nSPS) is 25.0. The van der Waals surface area contributed by atoms with Crippen LogP contribution in [0.25, 0.3) is 0 Å². The Morgan fingerprint density at radius 2 is 2.46 bits per heavy atom. The number of aryl methyl sites for hydroxylation is 1. The maximum absolute atomic E-state index is 10.5. The predicted molar refractivity (Wildman–Crippen MR) is 48.9 cm³/mol. The third-order valence-electron chi connectivity index (χ3n) is 2.34. The summed E-state index contributed by atoms with van der Waals surface area (Å²) in [5, 5.41) is 8.68. The number of aromatic nitrogens is 2. The maximum atomic E-state index is 10.5. The van der Waals surface area contributed by atoms with Crippen molar-refractivity contribution in [1.29, 1.82) is 0 Å². The fourth-order valence-corrected chi connectivity index (χ4v) is 1.52. The van der Waals surface area contributed by atoms with Crippen molar-refractivity contribution in [2.24, 2.45) is 13.0 Å². The van der Waals surface area contributed by atoms with Crippen molar-refractivity contribution in [3.8, 4) is 0 Å². The molecule has 0 aromatic carbocycles.